The Morgan fingerprint density at radius 1 is 1.10 bits per heavy atom. The Morgan fingerprint density at radius 3 is 2.71 bits per heavy atom. The zero-order valence-corrected chi connectivity index (χ0v) is 19.3. The Morgan fingerprint density at radius 2 is 1.94 bits per heavy atom. The number of aliphatic hydroxyl groups is 1. The molecule has 1 atom stereocenters. The molecule has 170 valence electrons. The number of aliphatic hydroxyl groups excluding tert-OH is 1. The van der Waals surface area contributed by atoms with Gasteiger partial charge < -0.3 is 14.9 Å². The second-order valence-corrected chi connectivity index (χ2v) is 9.00. The van der Waals surface area contributed by atoms with Crippen LogP contribution in [0.25, 0.3) is 6.08 Å². The first kappa shape index (κ1) is 24.1. The Kier molecular flexibility index (Phi) is 9.20. The molecule has 2 amide bonds. The van der Waals surface area contributed by atoms with Gasteiger partial charge in [-0.3, -0.25) is 14.5 Å². The summed E-state index contributed by atoms with van der Waals surface area (Å²) in [4.78, 5) is 31.1. The number of benzene rings is 1. The number of amides is 2. The molecular formula is C23H31Cl2N3O3. The Bertz CT molecular complexity index is 802. The Balaban J connectivity index is 1.47. The molecule has 3 rings (SSSR count). The third kappa shape index (κ3) is 6.94. The number of nitrogens with zero attached hydrogens (tertiary/aromatic N) is 3. The first-order valence-electron chi connectivity index (χ1n) is 11.0. The highest BCUT2D eigenvalue weighted by Gasteiger charge is 2.24. The SMILES string of the molecule is O=C(/C=C/c1ccc(Cl)c(Cl)c1)N1CCC(=O)N(CCCN2CCCCC2CO)CC1. The molecule has 2 aliphatic heterocycles. The summed E-state index contributed by atoms with van der Waals surface area (Å²) >= 11 is 11.9. The molecule has 1 aromatic rings. The molecular weight excluding hydrogens is 437 g/mol. The van der Waals surface area contributed by atoms with Crippen molar-refractivity contribution in [3.8, 4) is 0 Å². The lowest BCUT2D eigenvalue weighted by Crippen LogP contribution is -2.43. The van der Waals surface area contributed by atoms with Crippen molar-refractivity contribution in [2.24, 2.45) is 0 Å². The molecule has 1 N–H and O–H groups in total. The number of rotatable bonds is 7. The molecule has 0 spiro atoms. The van der Waals surface area contributed by atoms with E-state index in [9.17, 15) is 14.7 Å². The van der Waals surface area contributed by atoms with E-state index in [1.165, 1.54) is 18.9 Å². The predicted octanol–water partition coefficient (Wildman–Crippen LogP) is 3.30. The maximum Gasteiger partial charge on any atom is 0.246 e. The minimum atomic E-state index is -0.111. The number of piperidine rings is 1. The van der Waals surface area contributed by atoms with Crippen LogP contribution in [0.4, 0.5) is 0 Å². The van der Waals surface area contributed by atoms with Gasteiger partial charge in [0.2, 0.25) is 11.8 Å². The molecule has 0 aliphatic carbocycles. The summed E-state index contributed by atoms with van der Waals surface area (Å²) in [6, 6.07) is 5.47. The number of likely N-dealkylation sites (tertiary alicyclic amines) is 1. The van der Waals surface area contributed by atoms with Crippen LogP contribution in [0.15, 0.2) is 24.3 Å². The van der Waals surface area contributed by atoms with Crippen LogP contribution in [0.1, 0.15) is 37.7 Å². The van der Waals surface area contributed by atoms with Gasteiger partial charge in [-0.25, -0.2) is 0 Å². The molecule has 8 heteroatoms. The van der Waals surface area contributed by atoms with E-state index in [0.29, 0.717) is 42.6 Å². The monoisotopic (exact) mass is 467 g/mol. The van der Waals surface area contributed by atoms with Gasteiger partial charge in [0.1, 0.15) is 0 Å². The molecule has 2 aliphatic rings. The van der Waals surface area contributed by atoms with Crippen LogP contribution in [-0.2, 0) is 9.59 Å². The molecule has 1 aromatic carbocycles. The fourth-order valence-electron chi connectivity index (χ4n) is 4.24. The lowest BCUT2D eigenvalue weighted by molar-refractivity contribution is -0.130. The molecule has 0 saturated carbocycles. The molecule has 31 heavy (non-hydrogen) atoms. The van der Waals surface area contributed by atoms with E-state index in [-0.39, 0.29) is 24.5 Å². The summed E-state index contributed by atoms with van der Waals surface area (Å²) < 4.78 is 0. The second kappa shape index (κ2) is 11.9. The van der Waals surface area contributed by atoms with Crippen molar-refractivity contribution in [1.29, 1.82) is 0 Å². The standard InChI is InChI=1S/C23H31Cl2N3O3/c24-20-7-5-18(16-21(20)25)6-8-22(30)28-13-9-23(31)27(14-15-28)12-3-11-26-10-2-1-4-19(26)17-29/h5-8,16,19,29H,1-4,9-15,17H2/b8-6+. The maximum atomic E-state index is 12.6. The van der Waals surface area contributed by atoms with Crippen molar-refractivity contribution in [3.05, 3.63) is 39.9 Å². The summed E-state index contributed by atoms with van der Waals surface area (Å²) in [5, 5.41) is 10.5. The van der Waals surface area contributed by atoms with Crippen LogP contribution in [0.3, 0.4) is 0 Å². The van der Waals surface area contributed by atoms with Crippen LogP contribution < -0.4 is 0 Å². The number of carbonyl (C=O) groups excluding carboxylic acids is 2. The van der Waals surface area contributed by atoms with Crippen molar-refractivity contribution in [2.45, 2.75) is 38.1 Å². The molecule has 2 fully saturated rings. The van der Waals surface area contributed by atoms with Gasteiger partial charge in [0.05, 0.1) is 16.7 Å². The first-order valence-corrected chi connectivity index (χ1v) is 11.8. The quantitative estimate of drug-likeness (QED) is 0.624. The molecule has 1 unspecified atom stereocenters. The normalized spacial score (nSPS) is 21.0. The minimum Gasteiger partial charge on any atom is -0.395 e. The highest BCUT2D eigenvalue weighted by Crippen LogP contribution is 2.23. The van der Waals surface area contributed by atoms with Crippen molar-refractivity contribution in [1.82, 2.24) is 14.7 Å². The number of halogens is 2. The van der Waals surface area contributed by atoms with Crippen LogP contribution in [0.5, 0.6) is 0 Å². The van der Waals surface area contributed by atoms with Gasteiger partial charge >= 0.3 is 0 Å². The van der Waals surface area contributed by atoms with E-state index in [1.807, 2.05) is 4.90 Å². The summed E-state index contributed by atoms with van der Waals surface area (Å²) in [6.07, 6.45) is 7.85. The Hall–Kier alpha value is -1.60. The van der Waals surface area contributed by atoms with Crippen LogP contribution in [0.2, 0.25) is 10.0 Å². The van der Waals surface area contributed by atoms with Gasteiger partial charge in [-0.1, -0.05) is 35.7 Å². The van der Waals surface area contributed by atoms with Crippen molar-refractivity contribution in [2.75, 3.05) is 45.9 Å². The smallest absolute Gasteiger partial charge is 0.246 e. The highest BCUT2D eigenvalue weighted by atomic mass is 35.5. The van der Waals surface area contributed by atoms with Gasteiger partial charge in [0, 0.05) is 51.3 Å². The van der Waals surface area contributed by atoms with Gasteiger partial charge in [-0.2, -0.15) is 0 Å². The molecule has 0 aromatic heterocycles. The average Bonchev–Trinajstić information content (AvgIpc) is 2.96. The lowest BCUT2D eigenvalue weighted by Gasteiger charge is -2.35. The number of carbonyl (C=O) groups is 2. The number of hydrogen-bond acceptors (Lipinski definition) is 4. The summed E-state index contributed by atoms with van der Waals surface area (Å²) in [5.41, 5.74) is 0.800. The fraction of sp³-hybridized carbons (Fsp3) is 0.565. The van der Waals surface area contributed by atoms with E-state index in [2.05, 4.69) is 4.90 Å². The zero-order chi connectivity index (χ0) is 22.2. The largest absolute Gasteiger partial charge is 0.395 e. The number of hydrogen-bond donors (Lipinski definition) is 1. The van der Waals surface area contributed by atoms with Gasteiger partial charge in [-0.05, 0) is 49.6 Å². The highest BCUT2D eigenvalue weighted by molar-refractivity contribution is 6.42. The van der Waals surface area contributed by atoms with E-state index >= 15 is 0 Å². The zero-order valence-electron chi connectivity index (χ0n) is 17.8. The van der Waals surface area contributed by atoms with Crippen LogP contribution in [-0.4, -0.2) is 83.5 Å². The fourth-order valence-corrected chi connectivity index (χ4v) is 4.54. The van der Waals surface area contributed by atoms with Crippen molar-refractivity contribution >= 4 is 41.1 Å². The van der Waals surface area contributed by atoms with Crippen molar-refractivity contribution < 1.29 is 14.7 Å². The molecule has 2 heterocycles. The Labute approximate surface area is 194 Å². The minimum absolute atomic E-state index is 0.0983. The van der Waals surface area contributed by atoms with E-state index in [0.717, 1.165) is 31.5 Å². The molecule has 0 radical (unpaired) electrons. The van der Waals surface area contributed by atoms with E-state index in [1.54, 1.807) is 29.2 Å². The van der Waals surface area contributed by atoms with Gasteiger partial charge in [0.25, 0.3) is 0 Å². The summed E-state index contributed by atoms with van der Waals surface area (Å²) in [5.74, 6) is -0.0130. The third-order valence-electron chi connectivity index (χ3n) is 6.09. The summed E-state index contributed by atoms with van der Waals surface area (Å²) in [6.45, 7) is 4.31. The third-order valence-corrected chi connectivity index (χ3v) is 6.83. The van der Waals surface area contributed by atoms with Crippen LogP contribution >= 0.6 is 23.2 Å². The van der Waals surface area contributed by atoms with E-state index in [4.69, 9.17) is 23.2 Å². The van der Waals surface area contributed by atoms with Gasteiger partial charge in [-0.15, -0.1) is 0 Å². The molecule has 6 nitrogen and oxygen atoms in total. The van der Waals surface area contributed by atoms with E-state index < -0.39 is 0 Å². The lowest BCUT2D eigenvalue weighted by atomic mass is 10.0. The van der Waals surface area contributed by atoms with Crippen LogP contribution in [0, 0.1) is 0 Å². The predicted molar refractivity (Wildman–Crippen MR) is 124 cm³/mol. The first-order chi connectivity index (χ1) is 15.0. The second-order valence-electron chi connectivity index (χ2n) is 8.18. The molecule has 0 bridgehead atoms. The van der Waals surface area contributed by atoms with Crippen molar-refractivity contribution in [3.63, 3.8) is 0 Å². The summed E-state index contributed by atoms with van der Waals surface area (Å²) in [7, 11) is 0. The maximum absolute atomic E-state index is 12.6. The van der Waals surface area contributed by atoms with Gasteiger partial charge in [0.15, 0.2) is 0 Å². The topological polar surface area (TPSA) is 64.1 Å². The molecule has 2 saturated heterocycles. The average molecular weight is 468 g/mol.